The van der Waals surface area contributed by atoms with Gasteiger partial charge in [-0.05, 0) is 30.3 Å². The second-order valence-electron chi connectivity index (χ2n) is 4.75. The van der Waals surface area contributed by atoms with E-state index >= 15 is 0 Å². The zero-order valence-corrected chi connectivity index (χ0v) is 12.6. The molecule has 1 aliphatic heterocycles. The largest absolute Gasteiger partial charge is 0.508 e. The van der Waals surface area contributed by atoms with E-state index in [9.17, 15) is 9.90 Å². The van der Waals surface area contributed by atoms with E-state index in [2.05, 4.69) is 0 Å². The topological polar surface area (TPSA) is 49.8 Å². The maximum Gasteiger partial charge on any atom is 0.225 e. The van der Waals surface area contributed by atoms with E-state index in [1.807, 2.05) is 24.3 Å². The van der Waals surface area contributed by atoms with Gasteiger partial charge >= 0.3 is 0 Å². The summed E-state index contributed by atoms with van der Waals surface area (Å²) in [7, 11) is 1.58. The molecule has 2 aromatic rings. The second-order valence-corrected chi connectivity index (χ2v) is 5.87. The molecule has 0 bridgehead atoms. The van der Waals surface area contributed by atoms with Crippen LogP contribution in [0.1, 0.15) is 17.9 Å². The zero-order valence-electron chi connectivity index (χ0n) is 11.7. The van der Waals surface area contributed by atoms with Gasteiger partial charge in [-0.1, -0.05) is 23.9 Å². The van der Waals surface area contributed by atoms with Crippen molar-refractivity contribution in [1.29, 1.82) is 0 Å². The number of rotatable bonds is 2. The number of thioether (sulfide) groups is 1. The predicted octanol–water partition coefficient (Wildman–Crippen LogP) is 3.56. The zero-order chi connectivity index (χ0) is 15.0. The molecule has 1 unspecified atom stereocenters. The number of benzene rings is 2. The van der Waals surface area contributed by atoms with Gasteiger partial charge in [0.1, 0.15) is 16.9 Å². The Morgan fingerprint density at radius 3 is 2.76 bits per heavy atom. The number of phenols is 1. The van der Waals surface area contributed by atoms with Gasteiger partial charge in [0.2, 0.25) is 5.91 Å². The Morgan fingerprint density at radius 1 is 1.29 bits per heavy atom. The molecular formula is C16H15NO3S. The first-order chi connectivity index (χ1) is 10.1. The quantitative estimate of drug-likeness (QED) is 0.921. The summed E-state index contributed by atoms with van der Waals surface area (Å²) in [6.07, 6.45) is 0. The van der Waals surface area contributed by atoms with Crippen molar-refractivity contribution < 1.29 is 14.6 Å². The highest BCUT2D eigenvalue weighted by atomic mass is 32.2. The fourth-order valence-corrected chi connectivity index (χ4v) is 3.82. The Morgan fingerprint density at radius 2 is 2.05 bits per heavy atom. The van der Waals surface area contributed by atoms with Crippen LogP contribution in [-0.2, 0) is 4.79 Å². The first kappa shape index (κ1) is 13.8. The minimum Gasteiger partial charge on any atom is -0.508 e. The van der Waals surface area contributed by atoms with Crippen molar-refractivity contribution >= 4 is 23.4 Å². The maximum atomic E-state index is 12.1. The molecule has 108 valence electrons. The first-order valence-corrected chi connectivity index (χ1v) is 7.42. The summed E-state index contributed by atoms with van der Waals surface area (Å²) >= 11 is 1.55. The molecule has 1 N–H and O–H groups in total. The van der Waals surface area contributed by atoms with E-state index in [1.165, 1.54) is 6.92 Å². The van der Waals surface area contributed by atoms with Crippen LogP contribution < -0.4 is 9.64 Å². The van der Waals surface area contributed by atoms with E-state index in [1.54, 1.807) is 42.0 Å². The Hall–Kier alpha value is -2.14. The molecule has 1 heterocycles. The number of carbonyl (C=O) groups is 1. The number of hydrogen-bond donors (Lipinski definition) is 1. The minimum absolute atomic E-state index is 0.0559. The third-order valence-corrected chi connectivity index (χ3v) is 4.73. The van der Waals surface area contributed by atoms with Crippen LogP contribution in [-0.4, -0.2) is 18.1 Å². The van der Waals surface area contributed by atoms with Crippen LogP contribution in [0.3, 0.4) is 0 Å². The first-order valence-electron chi connectivity index (χ1n) is 6.54. The standard InChI is InChI=1S/C16H15NO3S/c1-10(18)17-13-5-3-4-6-15(13)21-16(17)12-9-11(20-2)7-8-14(12)19/h3-9,16,19H,1-2H3. The summed E-state index contributed by atoms with van der Waals surface area (Å²) in [5.74, 6) is 0.759. The normalized spacial score (nSPS) is 16.7. The summed E-state index contributed by atoms with van der Waals surface area (Å²) in [4.78, 5) is 14.8. The Labute approximate surface area is 127 Å². The highest BCUT2D eigenvalue weighted by molar-refractivity contribution is 8.00. The van der Waals surface area contributed by atoms with Crippen LogP contribution in [0.4, 0.5) is 5.69 Å². The van der Waals surface area contributed by atoms with Gasteiger partial charge in [0.05, 0.1) is 12.8 Å². The number of carbonyl (C=O) groups excluding carboxylic acids is 1. The van der Waals surface area contributed by atoms with Crippen LogP contribution >= 0.6 is 11.8 Å². The molecular weight excluding hydrogens is 286 g/mol. The molecule has 0 saturated carbocycles. The highest BCUT2D eigenvalue weighted by Gasteiger charge is 2.35. The summed E-state index contributed by atoms with van der Waals surface area (Å²) in [6.45, 7) is 1.53. The average Bonchev–Trinajstić information content (AvgIpc) is 2.87. The Balaban J connectivity index is 2.09. The molecule has 0 spiro atoms. The van der Waals surface area contributed by atoms with Crippen molar-refractivity contribution in [3.63, 3.8) is 0 Å². The van der Waals surface area contributed by atoms with Crippen molar-refractivity contribution in [3.05, 3.63) is 48.0 Å². The molecule has 3 rings (SSSR count). The number of anilines is 1. The lowest BCUT2D eigenvalue weighted by Crippen LogP contribution is -2.28. The molecule has 5 heteroatoms. The van der Waals surface area contributed by atoms with Gasteiger partial charge in [0.15, 0.2) is 0 Å². The van der Waals surface area contributed by atoms with Gasteiger partial charge < -0.3 is 9.84 Å². The van der Waals surface area contributed by atoms with E-state index in [0.29, 0.717) is 11.3 Å². The lowest BCUT2D eigenvalue weighted by Gasteiger charge is -2.24. The number of amides is 1. The molecule has 2 aromatic carbocycles. The number of hydrogen-bond acceptors (Lipinski definition) is 4. The van der Waals surface area contributed by atoms with Gasteiger partial charge in [0.25, 0.3) is 0 Å². The highest BCUT2D eigenvalue weighted by Crippen LogP contribution is 2.53. The summed E-state index contributed by atoms with van der Waals surface area (Å²) in [5.41, 5.74) is 1.55. The molecule has 1 atom stereocenters. The van der Waals surface area contributed by atoms with E-state index in [-0.39, 0.29) is 17.0 Å². The van der Waals surface area contributed by atoms with E-state index in [0.717, 1.165) is 10.6 Å². The van der Waals surface area contributed by atoms with Crippen molar-refractivity contribution in [3.8, 4) is 11.5 Å². The Bertz CT molecular complexity index is 702. The van der Waals surface area contributed by atoms with Gasteiger partial charge in [-0.25, -0.2) is 0 Å². The van der Waals surface area contributed by atoms with Crippen LogP contribution in [0, 0.1) is 0 Å². The molecule has 21 heavy (non-hydrogen) atoms. The van der Waals surface area contributed by atoms with E-state index in [4.69, 9.17) is 4.74 Å². The van der Waals surface area contributed by atoms with Gasteiger partial charge in [-0.15, -0.1) is 0 Å². The van der Waals surface area contributed by atoms with Gasteiger partial charge in [-0.2, -0.15) is 0 Å². The van der Waals surface area contributed by atoms with Crippen LogP contribution in [0.5, 0.6) is 11.5 Å². The second kappa shape index (κ2) is 5.33. The lowest BCUT2D eigenvalue weighted by molar-refractivity contribution is -0.116. The third-order valence-electron chi connectivity index (χ3n) is 3.44. The number of phenolic OH excluding ortho intramolecular Hbond substituents is 1. The molecule has 1 amide bonds. The molecule has 0 aliphatic carbocycles. The van der Waals surface area contributed by atoms with Crippen molar-refractivity contribution in [2.24, 2.45) is 0 Å². The monoisotopic (exact) mass is 301 g/mol. The molecule has 1 aliphatic rings. The van der Waals surface area contributed by atoms with Crippen LogP contribution in [0.15, 0.2) is 47.4 Å². The SMILES string of the molecule is COc1ccc(O)c(C2Sc3ccccc3N2C(C)=O)c1. The van der Waals surface area contributed by atoms with Crippen LogP contribution in [0.2, 0.25) is 0 Å². The molecule has 0 fully saturated rings. The van der Waals surface area contributed by atoms with Crippen molar-refractivity contribution in [2.45, 2.75) is 17.2 Å². The average molecular weight is 301 g/mol. The van der Waals surface area contributed by atoms with Gasteiger partial charge in [0, 0.05) is 17.4 Å². The van der Waals surface area contributed by atoms with Crippen LogP contribution in [0.25, 0.3) is 0 Å². The predicted molar refractivity (Wildman–Crippen MR) is 82.9 cm³/mol. The maximum absolute atomic E-state index is 12.1. The minimum atomic E-state index is -0.282. The number of fused-ring (bicyclic) bond motifs is 1. The van der Waals surface area contributed by atoms with Gasteiger partial charge in [-0.3, -0.25) is 9.69 Å². The van der Waals surface area contributed by atoms with E-state index < -0.39 is 0 Å². The Kier molecular flexibility index (Phi) is 3.51. The smallest absolute Gasteiger partial charge is 0.225 e. The molecule has 0 aromatic heterocycles. The summed E-state index contributed by atoms with van der Waals surface area (Å²) in [5, 5.41) is 9.88. The van der Waals surface area contributed by atoms with Crippen molar-refractivity contribution in [1.82, 2.24) is 0 Å². The fraction of sp³-hybridized carbons (Fsp3) is 0.188. The number of para-hydroxylation sites is 1. The molecule has 4 nitrogen and oxygen atoms in total. The number of aromatic hydroxyl groups is 1. The lowest BCUT2D eigenvalue weighted by atomic mass is 10.1. The summed E-state index contributed by atoms with van der Waals surface area (Å²) < 4.78 is 5.22. The summed E-state index contributed by atoms with van der Waals surface area (Å²) in [6, 6.07) is 12.8. The number of ether oxygens (including phenoxy) is 1. The molecule has 0 radical (unpaired) electrons. The number of nitrogens with zero attached hydrogens (tertiary/aromatic N) is 1. The number of methoxy groups -OCH3 is 1. The molecule has 0 saturated heterocycles. The fourth-order valence-electron chi connectivity index (χ4n) is 2.45. The third kappa shape index (κ3) is 2.34. The van der Waals surface area contributed by atoms with Crippen molar-refractivity contribution in [2.75, 3.05) is 12.0 Å².